The summed E-state index contributed by atoms with van der Waals surface area (Å²) in [6.45, 7) is 4.20. The number of amides is 1. The van der Waals surface area contributed by atoms with Gasteiger partial charge in [0.1, 0.15) is 11.1 Å². The van der Waals surface area contributed by atoms with Gasteiger partial charge in [-0.15, -0.1) is 10.2 Å². The molecule has 6 nitrogen and oxygen atoms in total. The average molecular weight is 480 g/mol. The van der Waals surface area contributed by atoms with Crippen LogP contribution in [0.2, 0.25) is 0 Å². The van der Waals surface area contributed by atoms with Crippen LogP contribution in [0.4, 0.5) is 4.39 Å². The fourth-order valence-electron chi connectivity index (χ4n) is 4.44. The highest BCUT2D eigenvalue weighted by Gasteiger charge is 2.32. The SMILES string of the molecule is CC(c1nnc(SC(C(=O)NC2CC2)c2ccccc2)n1-c1ccc(F)cc1)N1CCCCC1. The van der Waals surface area contributed by atoms with Crippen LogP contribution in [0, 0.1) is 5.82 Å². The molecule has 1 amide bonds. The molecule has 5 rings (SSSR count). The minimum Gasteiger partial charge on any atom is -0.352 e. The third-order valence-corrected chi connectivity index (χ3v) is 7.74. The Morgan fingerprint density at radius 1 is 1.03 bits per heavy atom. The van der Waals surface area contributed by atoms with Crippen LogP contribution in [0.25, 0.3) is 5.69 Å². The van der Waals surface area contributed by atoms with Crippen molar-refractivity contribution in [2.24, 2.45) is 0 Å². The molecule has 0 bridgehead atoms. The lowest BCUT2D eigenvalue weighted by Crippen LogP contribution is -2.33. The van der Waals surface area contributed by atoms with Gasteiger partial charge in [0.15, 0.2) is 11.0 Å². The second kappa shape index (κ2) is 10.3. The van der Waals surface area contributed by atoms with Gasteiger partial charge in [0.25, 0.3) is 0 Å². The minimum atomic E-state index is -0.455. The Morgan fingerprint density at radius 2 is 1.74 bits per heavy atom. The molecule has 0 radical (unpaired) electrons. The summed E-state index contributed by atoms with van der Waals surface area (Å²) in [4.78, 5) is 15.7. The van der Waals surface area contributed by atoms with Gasteiger partial charge in [0.2, 0.25) is 5.91 Å². The van der Waals surface area contributed by atoms with E-state index in [0.717, 1.165) is 43.0 Å². The van der Waals surface area contributed by atoms with Crippen LogP contribution >= 0.6 is 11.8 Å². The highest BCUT2D eigenvalue weighted by Crippen LogP contribution is 2.38. The van der Waals surface area contributed by atoms with Crippen molar-refractivity contribution in [2.45, 2.75) is 61.5 Å². The minimum absolute atomic E-state index is 0.0158. The molecule has 1 aliphatic heterocycles. The summed E-state index contributed by atoms with van der Waals surface area (Å²) < 4.78 is 15.7. The topological polar surface area (TPSA) is 63.1 Å². The van der Waals surface area contributed by atoms with Gasteiger partial charge in [-0.1, -0.05) is 48.5 Å². The fourth-order valence-corrected chi connectivity index (χ4v) is 5.51. The van der Waals surface area contributed by atoms with E-state index in [0.29, 0.717) is 5.16 Å². The van der Waals surface area contributed by atoms with Gasteiger partial charge < -0.3 is 5.32 Å². The zero-order valence-electron chi connectivity index (χ0n) is 19.4. The summed E-state index contributed by atoms with van der Waals surface area (Å²) in [5, 5.41) is 12.5. The molecule has 2 unspecified atom stereocenters. The number of halogens is 1. The first-order valence-electron chi connectivity index (χ1n) is 12.1. The zero-order valence-corrected chi connectivity index (χ0v) is 20.2. The van der Waals surface area contributed by atoms with E-state index in [-0.39, 0.29) is 23.8 Å². The largest absolute Gasteiger partial charge is 0.352 e. The number of nitrogens with zero attached hydrogens (tertiary/aromatic N) is 4. The monoisotopic (exact) mass is 479 g/mol. The van der Waals surface area contributed by atoms with Gasteiger partial charge in [0.05, 0.1) is 6.04 Å². The van der Waals surface area contributed by atoms with E-state index in [1.807, 2.05) is 34.9 Å². The fraction of sp³-hybridized carbons (Fsp3) is 0.423. The van der Waals surface area contributed by atoms with Gasteiger partial charge in [-0.05, 0) is 75.5 Å². The van der Waals surface area contributed by atoms with E-state index in [9.17, 15) is 9.18 Å². The molecule has 0 spiro atoms. The molecule has 8 heteroatoms. The molecule has 2 aliphatic rings. The summed E-state index contributed by atoms with van der Waals surface area (Å²) >= 11 is 1.40. The first-order chi connectivity index (χ1) is 16.6. The predicted octanol–water partition coefficient (Wildman–Crippen LogP) is 5.07. The van der Waals surface area contributed by atoms with Crippen molar-refractivity contribution < 1.29 is 9.18 Å². The Kier molecular flexibility index (Phi) is 6.97. The molecule has 1 aromatic heterocycles. The second-order valence-corrected chi connectivity index (χ2v) is 10.2. The molecule has 1 saturated carbocycles. The lowest BCUT2D eigenvalue weighted by atomic mass is 10.1. The van der Waals surface area contributed by atoms with Crippen LogP contribution in [-0.4, -0.2) is 44.7 Å². The van der Waals surface area contributed by atoms with Gasteiger partial charge in [-0.2, -0.15) is 0 Å². The number of hydrogen-bond acceptors (Lipinski definition) is 5. The smallest absolute Gasteiger partial charge is 0.238 e. The molecule has 2 fully saturated rings. The van der Waals surface area contributed by atoms with Crippen molar-refractivity contribution in [1.82, 2.24) is 25.0 Å². The van der Waals surface area contributed by atoms with Crippen LogP contribution in [-0.2, 0) is 4.79 Å². The number of nitrogens with one attached hydrogen (secondary N) is 1. The quantitative estimate of drug-likeness (QED) is 0.457. The standard InChI is InChI=1S/C26H30FN5OS/c1-18(31-16-6-3-7-17-31)24-29-30-26(32(24)22-14-10-20(27)11-15-22)34-23(19-8-4-2-5-9-19)25(33)28-21-12-13-21/h2,4-5,8-11,14-15,18,21,23H,3,6-7,12-13,16-17H2,1H3,(H,28,33). The molecular weight excluding hydrogens is 449 g/mol. The van der Waals surface area contributed by atoms with Gasteiger partial charge in [-0.3, -0.25) is 14.3 Å². The van der Waals surface area contributed by atoms with Crippen LogP contribution in [0.1, 0.15) is 61.7 Å². The number of carbonyl (C=O) groups excluding carboxylic acids is 1. The Labute approximate surface area is 203 Å². The van der Waals surface area contributed by atoms with Crippen LogP contribution in [0.5, 0.6) is 0 Å². The number of aromatic nitrogens is 3. The molecular formula is C26H30FN5OS. The average Bonchev–Trinajstić information content (AvgIpc) is 3.59. The van der Waals surface area contributed by atoms with Crippen molar-refractivity contribution in [3.05, 3.63) is 71.8 Å². The Morgan fingerprint density at radius 3 is 2.41 bits per heavy atom. The molecule has 2 heterocycles. The third-order valence-electron chi connectivity index (χ3n) is 6.54. The van der Waals surface area contributed by atoms with Crippen molar-refractivity contribution in [2.75, 3.05) is 13.1 Å². The van der Waals surface area contributed by atoms with Crippen LogP contribution in [0.15, 0.2) is 59.8 Å². The van der Waals surface area contributed by atoms with Crippen molar-refractivity contribution >= 4 is 17.7 Å². The lowest BCUT2D eigenvalue weighted by molar-refractivity contribution is -0.120. The lowest BCUT2D eigenvalue weighted by Gasteiger charge is -2.32. The van der Waals surface area contributed by atoms with Crippen molar-refractivity contribution in [3.63, 3.8) is 0 Å². The number of piperidine rings is 1. The van der Waals surface area contributed by atoms with Crippen LogP contribution in [0.3, 0.4) is 0 Å². The first-order valence-corrected chi connectivity index (χ1v) is 13.0. The number of hydrogen-bond donors (Lipinski definition) is 1. The number of thioether (sulfide) groups is 1. The summed E-state index contributed by atoms with van der Waals surface area (Å²) in [5.74, 6) is 0.506. The van der Waals surface area contributed by atoms with Crippen LogP contribution < -0.4 is 5.32 Å². The van der Waals surface area contributed by atoms with E-state index in [1.54, 1.807) is 12.1 Å². The number of rotatable bonds is 8. The molecule has 3 aromatic rings. The molecule has 2 atom stereocenters. The Bertz CT molecular complexity index is 1110. The molecule has 1 aliphatic carbocycles. The van der Waals surface area contributed by atoms with E-state index < -0.39 is 5.25 Å². The van der Waals surface area contributed by atoms with Crippen molar-refractivity contribution in [3.8, 4) is 5.69 Å². The molecule has 1 saturated heterocycles. The molecule has 2 aromatic carbocycles. The summed E-state index contributed by atoms with van der Waals surface area (Å²) in [6, 6.07) is 16.5. The predicted molar refractivity (Wildman–Crippen MR) is 131 cm³/mol. The van der Waals surface area contributed by atoms with E-state index in [1.165, 1.54) is 43.2 Å². The maximum atomic E-state index is 13.7. The Hall–Kier alpha value is -2.71. The molecule has 1 N–H and O–H groups in total. The highest BCUT2D eigenvalue weighted by molar-refractivity contribution is 8.00. The first kappa shape index (κ1) is 23.1. The normalized spacial score (nSPS) is 18.4. The van der Waals surface area contributed by atoms with E-state index in [2.05, 4.69) is 27.3 Å². The molecule has 34 heavy (non-hydrogen) atoms. The summed E-state index contributed by atoms with van der Waals surface area (Å²) in [7, 11) is 0. The van der Waals surface area contributed by atoms with Gasteiger partial charge >= 0.3 is 0 Å². The summed E-state index contributed by atoms with van der Waals surface area (Å²) in [5.41, 5.74) is 1.71. The van der Waals surface area contributed by atoms with Crippen molar-refractivity contribution in [1.29, 1.82) is 0 Å². The van der Waals surface area contributed by atoms with Gasteiger partial charge in [0, 0.05) is 11.7 Å². The Balaban J connectivity index is 1.52. The number of benzene rings is 2. The maximum Gasteiger partial charge on any atom is 0.238 e. The maximum absolute atomic E-state index is 13.7. The third kappa shape index (κ3) is 5.18. The summed E-state index contributed by atoms with van der Waals surface area (Å²) in [6.07, 6.45) is 5.66. The van der Waals surface area contributed by atoms with Gasteiger partial charge in [-0.25, -0.2) is 4.39 Å². The van der Waals surface area contributed by atoms with E-state index >= 15 is 0 Å². The van der Waals surface area contributed by atoms with E-state index in [4.69, 9.17) is 0 Å². The highest BCUT2D eigenvalue weighted by atomic mass is 32.2. The number of carbonyl (C=O) groups is 1. The number of likely N-dealkylation sites (tertiary alicyclic amines) is 1. The zero-order chi connectivity index (χ0) is 23.5. The second-order valence-electron chi connectivity index (χ2n) is 9.12. The molecule has 178 valence electrons.